The first kappa shape index (κ1) is 14.8. The molecule has 0 radical (unpaired) electrons. The van der Waals surface area contributed by atoms with Crippen molar-refractivity contribution >= 4 is 34.2 Å². The second kappa shape index (κ2) is 6.71. The molecule has 20 heavy (non-hydrogen) atoms. The number of hydrogen-bond acceptors (Lipinski definition) is 3. The average Bonchev–Trinajstić information content (AvgIpc) is 2.44. The molecule has 4 nitrogen and oxygen atoms in total. The Hall–Kier alpha value is -1.60. The smallest absolute Gasteiger partial charge is 0.259 e. The molecule has 0 aromatic heterocycles. The van der Waals surface area contributed by atoms with Gasteiger partial charge in [-0.15, -0.1) is 0 Å². The van der Waals surface area contributed by atoms with Gasteiger partial charge in [0, 0.05) is 15.9 Å². The van der Waals surface area contributed by atoms with E-state index in [0.29, 0.717) is 12.1 Å². The average molecular weight is 383 g/mol. The summed E-state index contributed by atoms with van der Waals surface area (Å²) in [6.07, 6.45) is 0.589. The summed E-state index contributed by atoms with van der Waals surface area (Å²) in [4.78, 5) is 12.1. The third kappa shape index (κ3) is 3.71. The van der Waals surface area contributed by atoms with E-state index in [9.17, 15) is 9.90 Å². The maximum Gasteiger partial charge on any atom is 0.259 e. The third-order valence-corrected chi connectivity index (χ3v) is 3.49. The number of aromatic hydroxyl groups is 1. The second-order valence-electron chi connectivity index (χ2n) is 4.29. The fourth-order valence-corrected chi connectivity index (χ4v) is 2.26. The van der Waals surface area contributed by atoms with Crippen LogP contribution < -0.4 is 5.32 Å². The van der Waals surface area contributed by atoms with Gasteiger partial charge in [-0.25, -0.2) is 0 Å². The molecule has 2 aromatic rings. The lowest BCUT2D eigenvalue weighted by molar-refractivity contribution is 0.102. The number of anilines is 1. The normalized spacial score (nSPS) is 10.3. The minimum absolute atomic E-state index is 0.0418. The van der Waals surface area contributed by atoms with Crippen LogP contribution in [0.5, 0.6) is 5.75 Å². The van der Waals surface area contributed by atoms with Crippen LogP contribution in [-0.2, 0) is 6.42 Å². The topological polar surface area (TPSA) is 69.6 Å². The van der Waals surface area contributed by atoms with Gasteiger partial charge in [0.15, 0.2) is 0 Å². The number of rotatable bonds is 4. The highest BCUT2D eigenvalue weighted by Gasteiger charge is 2.11. The van der Waals surface area contributed by atoms with E-state index in [4.69, 9.17) is 5.11 Å². The van der Waals surface area contributed by atoms with Crippen LogP contribution in [0.25, 0.3) is 0 Å². The predicted molar refractivity (Wildman–Crippen MR) is 86.0 cm³/mol. The minimum Gasteiger partial charge on any atom is -0.507 e. The Balaban J connectivity index is 2.13. The van der Waals surface area contributed by atoms with Crippen molar-refractivity contribution in [3.63, 3.8) is 0 Å². The summed E-state index contributed by atoms with van der Waals surface area (Å²) in [6, 6.07) is 12.1. The van der Waals surface area contributed by atoms with E-state index in [-0.39, 0.29) is 23.8 Å². The van der Waals surface area contributed by atoms with Crippen LogP contribution in [0, 0.1) is 3.57 Å². The molecule has 0 unspecified atom stereocenters. The summed E-state index contributed by atoms with van der Waals surface area (Å²) in [5, 5.41) is 21.3. The first-order valence-electron chi connectivity index (χ1n) is 6.10. The predicted octanol–water partition coefficient (Wildman–Crippen LogP) is 2.78. The van der Waals surface area contributed by atoms with Gasteiger partial charge in [0.05, 0.1) is 5.56 Å². The molecule has 5 heteroatoms. The van der Waals surface area contributed by atoms with Crippen LogP contribution in [0.2, 0.25) is 0 Å². The molecule has 0 aliphatic carbocycles. The van der Waals surface area contributed by atoms with Crippen LogP contribution in [0.4, 0.5) is 5.69 Å². The lowest BCUT2D eigenvalue weighted by atomic mass is 10.1. The number of benzene rings is 2. The summed E-state index contributed by atoms with van der Waals surface area (Å²) in [5.41, 5.74) is 1.90. The molecule has 0 fully saturated rings. The number of phenols is 1. The third-order valence-electron chi connectivity index (χ3n) is 2.82. The molecule has 0 aliphatic heterocycles. The first-order valence-corrected chi connectivity index (χ1v) is 7.17. The van der Waals surface area contributed by atoms with Crippen LogP contribution in [0.15, 0.2) is 42.5 Å². The standard InChI is InChI=1S/C15H14INO3/c16-11-3-6-14(19)13(9-11)15(20)17-12-4-1-10(2-5-12)7-8-18/h1-6,9,18-19H,7-8H2,(H,17,20). The molecule has 2 rings (SSSR count). The monoisotopic (exact) mass is 383 g/mol. The number of hydrogen-bond donors (Lipinski definition) is 3. The summed E-state index contributed by atoms with van der Waals surface area (Å²) < 4.78 is 0.879. The zero-order chi connectivity index (χ0) is 14.5. The minimum atomic E-state index is -0.351. The molecular weight excluding hydrogens is 369 g/mol. The van der Waals surface area contributed by atoms with Gasteiger partial charge in [0.2, 0.25) is 0 Å². The van der Waals surface area contributed by atoms with Crippen molar-refractivity contribution < 1.29 is 15.0 Å². The van der Waals surface area contributed by atoms with Crippen molar-refractivity contribution in [3.05, 3.63) is 57.2 Å². The van der Waals surface area contributed by atoms with E-state index in [1.165, 1.54) is 6.07 Å². The Labute approximate surface area is 130 Å². The fourth-order valence-electron chi connectivity index (χ4n) is 1.77. The molecule has 0 heterocycles. The van der Waals surface area contributed by atoms with Crippen LogP contribution in [-0.4, -0.2) is 22.7 Å². The molecule has 2 aromatic carbocycles. The van der Waals surface area contributed by atoms with E-state index >= 15 is 0 Å². The number of aliphatic hydroxyl groups is 1. The SMILES string of the molecule is O=C(Nc1ccc(CCO)cc1)c1cc(I)ccc1O. The first-order chi connectivity index (χ1) is 9.60. The van der Waals surface area contributed by atoms with Crippen molar-refractivity contribution in [1.29, 1.82) is 0 Å². The second-order valence-corrected chi connectivity index (χ2v) is 5.53. The highest BCUT2D eigenvalue weighted by atomic mass is 127. The number of aliphatic hydroxyl groups excluding tert-OH is 1. The summed E-state index contributed by atoms with van der Waals surface area (Å²) in [6.45, 7) is 0.0992. The molecule has 104 valence electrons. The molecule has 1 amide bonds. The van der Waals surface area contributed by atoms with Gasteiger partial charge in [0.25, 0.3) is 5.91 Å². The van der Waals surface area contributed by atoms with Gasteiger partial charge >= 0.3 is 0 Å². The van der Waals surface area contributed by atoms with Crippen molar-refractivity contribution in [2.75, 3.05) is 11.9 Å². The van der Waals surface area contributed by atoms with Crippen LogP contribution in [0.3, 0.4) is 0 Å². The Kier molecular flexibility index (Phi) is 4.97. The Morgan fingerprint density at radius 3 is 2.50 bits per heavy atom. The van der Waals surface area contributed by atoms with E-state index in [2.05, 4.69) is 27.9 Å². The lowest BCUT2D eigenvalue weighted by Crippen LogP contribution is -2.12. The molecule has 0 atom stereocenters. The van der Waals surface area contributed by atoms with Crippen molar-refractivity contribution in [1.82, 2.24) is 0 Å². The van der Waals surface area contributed by atoms with Gasteiger partial charge in [-0.2, -0.15) is 0 Å². The van der Waals surface area contributed by atoms with Crippen molar-refractivity contribution in [2.24, 2.45) is 0 Å². The Morgan fingerprint density at radius 1 is 1.15 bits per heavy atom. The van der Waals surface area contributed by atoms with Crippen molar-refractivity contribution in [3.8, 4) is 5.75 Å². The maximum atomic E-state index is 12.1. The van der Waals surface area contributed by atoms with E-state index in [0.717, 1.165) is 9.13 Å². The molecule has 0 aliphatic rings. The number of nitrogens with one attached hydrogen (secondary N) is 1. The lowest BCUT2D eigenvalue weighted by Gasteiger charge is -2.08. The van der Waals surface area contributed by atoms with E-state index < -0.39 is 0 Å². The number of halogens is 1. The molecule has 0 spiro atoms. The van der Waals surface area contributed by atoms with E-state index in [1.807, 2.05) is 12.1 Å². The van der Waals surface area contributed by atoms with Gasteiger partial charge in [0.1, 0.15) is 5.75 Å². The highest BCUT2D eigenvalue weighted by Crippen LogP contribution is 2.21. The summed E-state index contributed by atoms with van der Waals surface area (Å²) in [7, 11) is 0. The van der Waals surface area contributed by atoms with Gasteiger partial charge in [-0.05, 0) is 64.9 Å². The number of carbonyl (C=O) groups excluding carboxylic acids is 1. The zero-order valence-electron chi connectivity index (χ0n) is 10.6. The molecule has 0 bridgehead atoms. The summed E-state index contributed by atoms with van der Waals surface area (Å²) in [5.74, 6) is -0.393. The molecule has 0 saturated heterocycles. The molecular formula is C15H14INO3. The fraction of sp³-hybridized carbons (Fsp3) is 0.133. The zero-order valence-corrected chi connectivity index (χ0v) is 12.8. The van der Waals surface area contributed by atoms with Gasteiger partial charge < -0.3 is 15.5 Å². The van der Waals surface area contributed by atoms with Crippen molar-refractivity contribution in [2.45, 2.75) is 6.42 Å². The number of phenolic OH excluding ortho intramolecular Hbond substituents is 1. The van der Waals surface area contributed by atoms with Gasteiger partial charge in [-0.3, -0.25) is 4.79 Å². The molecule has 0 saturated carbocycles. The van der Waals surface area contributed by atoms with Crippen LogP contribution >= 0.6 is 22.6 Å². The summed E-state index contributed by atoms with van der Waals surface area (Å²) >= 11 is 2.09. The number of amides is 1. The highest BCUT2D eigenvalue weighted by molar-refractivity contribution is 14.1. The van der Waals surface area contributed by atoms with E-state index in [1.54, 1.807) is 24.3 Å². The Morgan fingerprint density at radius 2 is 1.85 bits per heavy atom. The molecule has 3 N–H and O–H groups in total. The quantitative estimate of drug-likeness (QED) is 0.712. The maximum absolute atomic E-state index is 12.1. The van der Waals surface area contributed by atoms with Gasteiger partial charge in [-0.1, -0.05) is 12.1 Å². The van der Waals surface area contributed by atoms with Crippen LogP contribution in [0.1, 0.15) is 15.9 Å². The Bertz CT molecular complexity index is 611. The number of carbonyl (C=O) groups is 1. The largest absolute Gasteiger partial charge is 0.507 e.